The summed E-state index contributed by atoms with van der Waals surface area (Å²) in [6.07, 6.45) is 0. The second-order valence-corrected chi connectivity index (χ2v) is 3.71. The van der Waals surface area contributed by atoms with Gasteiger partial charge in [-0.3, -0.25) is 0 Å². The van der Waals surface area contributed by atoms with Crippen molar-refractivity contribution in [2.24, 2.45) is 0 Å². The van der Waals surface area contributed by atoms with Crippen LogP contribution in [0.25, 0.3) is 21.8 Å². The Morgan fingerprint density at radius 1 is 0.667 bits per heavy atom. The molecule has 1 nitrogen and oxygen atoms in total. The van der Waals surface area contributed by atoms with E-state index in [0.29, 0.717) is 0 Å². The number of halogens is 4. The molecule has 0 amide bonds. The lowest BCUT2D eigenvalue weighted by Crippen LogP contribution is -2.02. The van der Waals surface area contributed by atoms with Crippen LogP contribution >= 0.6 is 0 Å². The van der Waals surface area contributed by atoms with Crippen LogP contribution in [0.3, 0.4) is 0 Å². The van der Waals surface area contributed by atoms with Gasteiger partial charge in [0.05, 0.1) is 0 Å². The van der Waals surface area contributed by atoms with E-state index in [1.807, 2.05) is 0 Å². The lowest BCUT2D eigenvalue weighted by molar-refractivity contribution is 0.368. The van der Waals surface area contributed by atoms with Gasteiger partial charge < -0.3 is 22.2 Å². The number of aromatic nitrogens is 1. The van der Waals surface area contributed by atoms with E-state index in [4.69, 9.17) is 0 Å². The van der Waals surface area contributed by atoms with Crippen LogP contribution in [0, 0.1) is 0 Å². The molecule has 0 bridgehead atoms. The minimum absolute atomic E-state index is 1.21. The number of benzene rings is 2. The first kappa shape index (κ1) is 12.5. The first-order chi connectivity index (χ1) is 8.45. The molecule has 0 unspecified atom stereocenters. The smallest absolute Gasteiger partial charge is 0.418 e. The summed E-state index contributed by atoms with van der Waals surface area (Å²) in [5.74, 6) is 0. The Balaban J connectivity index is 0.000000209. The fourth-order valence-corrected chi connectivity index (χ4v) is 1.80. The summed E-state index contributed by atoms with van der Waals surface area (Å²) in [6.45, 7) is 0. The van der Waals surface area contributed by atoms with Crippen LogP contribution in [0.15, 0.2) is 48.5 Å². The van der Waals surface area contributed by atoms with Crippen molar-refractivity contribution >= 4 is 29.1 Å². The molecule has 94 valence electrons. The molecule has 3 aromatic rings. The van der Waals surface area contributed by atoms with Crippen molar-refractivity contribution in [3.05, 3.63) is 48.5 Å². The number of nitrogens with one attached hydrogen (secondary N) is 1. The van der Waals surface area contributed by atoms with Gasteiger partial charge in [-0.15, -0.1) is 0 Å². The van der Waals surface area contributed by atoms with Gasteiger partial charge in [-0.2, -0.15) is 0 Å². The Hall–Kier alpha value is -1.98. The number of fused-ring (bicyclic) bond motifs is 3. The molecule has 0 radical (unpaired) electrons. The third kappa shape index (κ3) is 3.03. The molecule has 18 heavy (non-hydrogen) atoms. The number of para-hydroxylation sites is 2. The van der Waals surface area contributed by atoms with Crippen LogP contribution in [-0.4, -0.2) is 12.2 Å². The van der Waals surface area contributed by atoms with Crippen LogP contribution in [0.2, 0.25) is 0 Å². The fraction of sp³-hybridized carbons (Fsp3) is 0. The van der Waals surface area contributed by atoms with Gasteiger partial charge in [0, 0.05) is 21.8 Å². The minimum atomic E-state index is -6.00. The molecule has 0 aliphatic carbocycles. The summed E-state index contributed by atoms with van der Waals surface area (Å²) in [6, 6.07) is 16.8. The molecule has 0 fully saturated rings. The molecule has 2 aromatic carbocycles. The zero-order valence-electron chi connectivity index (χ0n) is 9.21. The minimum Gasteiger partial charge on any atom is -0.418 e. The summed E-state index contributed by atoms with van der Waals surface area (Å²) < 4.78 is 39.0. The topological polar surface area (TPSA) is 15.8 Å². The van der Waals surface area contributed by atoms with Crippen LogP contribution in [0.4, 0.5) is 17.3 Å². The average Bonchev–Trinajstić information content (AvgIpc) is 2.65. The normalized spacial score (nSPS) is 11.3. The van der Waals surface area contributed by atoms with Crippen molar-refractivity contribution in [3.63, 3.8) is 0 Å². The Morgan fingerprint density at radius 2 is 1.00 bits per heavy atom. The maximum Gasteiger partial charge on any atom is 0.673 e. The number of aromatic amines is 1. The van der Waals surface area contributed by atoms with E-state index in [2.05, 4.69) is 53.5 Å². The average molecular weight is 254 g/mol. The van der Waals surface area contributed by atoms with Gasteiger partial charge in [0.2, 0.25) is 0 Å². The first-order valence-electron chi connectivity index (χ1n) is 5.28. The van der Waals surface area contributed by atoms with Crippen molar-refractivity contribution in [2.75, 3.05) is 0 Å². The van der Waals surface area contributed by atoms with Crippen molar-refractivity contribution in [1.29, 1.82) is 0 Å². The summed E-state index contributed by atoms with van der Waals surface area (Å²) in [7, 11) is -6.00. The molecule has 1 N–H and O–H groups in total. The number of hydrogen-bond acceptors (Lipinski definition) is 0. The highest BCUT2D eigenvalue weighted by Gasteiger charge is 2.20. The molecule has 1 aromatic heterocycles. The molecule has 0 aliphatic rings. The van der Waals surface area contributed by atoms with Crippen LogP contribution in [0.1, 0.15) is 0 Å². The van der Waals surface area contributed by atoms with Crippen LogP contribution in [-0.2, 0) is 0 Å². The maximum absolute atomic E-state index is 9.75. The summed E-state index contributed by atoms with van der Waals surface area (Å²) >= 11 is 0. The molecular weight excluding hydrogens is 245 g/mol. The van der Waals surface area contributed by atoms with Gasteiger partial charge in [-0.05, 0) is 12.1 Å². The van der Waals surface area contributed by atoms with Crippen LogP contribution in [0.5, 0.6) is 0 Å². The third-order valence-corrected chi connectivity index (χ3v) is 2.41. The maximum atomic E-state index is 9.75. The van der Waals surface area contributed by atoms with Gasteiger partial charge in [0.25, 0.3) is 0 Å². The second kappa shape index (κ2) is 4.72. The van der Waals surface area contributed by atoms with E-state index in [9.17, 15) is 17.3 Å². The predicted molar refractivity (Wildman–Crippen MR) is 66.0 cm³/mol. The van der Waals surface area contributed by atoms with E-state index in [-0.39, 0.29) is 0 Å². The Kier molecular flexibility index (Phi) is 3.27. The molecule has 3 rings (SSSR count). The standard InChI is InChI=1S/C12H9N.BF4/c1-3-7-11-9(5-1)10-6-2-4-8-12(10)13-11;2-1(3,4)5/h1-8,13H;/q;-1. The van der Waals surface area contributed by atoms with Crippen molar-refractivity contribution in [3.8, 4) is 0 Å². The predicted octanol–water partition coefficient (Wildman–Crippen LogP) is 4.62. The highest BCUT2D eigenvalue weighted by molar-refractivity contribution is 6.50. The molecule has 0 saturated heterocycles. The SMILES string of the molecule is F[B-](F)(F)F.c1ccc2c(c1)[nH]c1ccccc12. The van der Waals surface area contributed by atoms with Crippen molar-refractivity contribution in [2.45, 2.75) is 0 Å². The van der Waals surface area contributed by atoms with E-state index >= 15 is 0 Å². The van der Waals surface area contributed by atoms with Gasteiger partial charge in [0.1, 0.15) is 0 Å². The van der Waals surface area contributed by atoms with E-state index in [0.717, 1.165) is 0 Å². The highest BCUT2D eigenvalue weighted by Crippen LogP contribution is 2.24. The zero-order valence-corrected chi connectivity index (χ0v) is 9.21. The molecule has 0 atom stereocenters. The Morgan fingerprint density at radius 3 is 1.39 bits per heavy atom. The van der Waals surface area contributed by atoms with Gasteiger partial charge in [-0.25, -0.2) is 0 Å². The lowest BCUT2D eigenvalue weighted by atomic mass is 10.2. The number of H-pyrrole nitrogens is 1. The van der Waals surface area contributed by atoms with E-state index < -0.39 is 7.25 Å². The first-order valence-corrected chi connectivity index (χ1v) is 5.28. The van der Waals surface area contributed by atoms with Crippen LogP contribution < -0.4 is 0 Å². The van der Waals surface area contributed by atoms with Crippen molar-refractivity contribution in [1.82, 2.24) is 4.98 Å². The monoisotopic (exact) mass is 254 g/mol. The number of rotatable bonds is 0. The summed E-state index contributed by atoms with van der Waals surface area (Å²) in [5.41, 5.74) is 2.42. The summed E-state index contributed by atoms with van der Waals surface area (Å²) in [5, 5.41) is 2.61. The van der Waals surface area contributed by atoms with Gasteiger partial charge >= 0.3 is 7.25 Å². The quantitative estimate of drug-likeness (QED) is 0.445. The van der Waals surface area contributed by atoms with Crippen molar-refractivity contribution < 1.29 is 17.3 Å². The highest BCUT2D eigenvalue weighted by atomic mass is 19.5. The molecule has 6 heteroatoms. The third-order valence-electron chi connectivity index (χ3n) is 2.41. The molecule has 0 saturated carbocycles. The molecule has 0 spiro atoms. The fourth-order valence-electron chi connectivity index (χ4n) is 1.80. The Labute approximate surface area is 101 Å². The molecule has 1 heterocycles. The lowest BCUT2D eigenvalue weighted by Gasteiger charge is -1.94. The van der Waals surface area contributed by atoms with Gasteiger partial charge in [0.15, 0.2) is 0 Å². The largest absolute Gasteiger partial charge is 0.673 e. The summed E-state index contributed by atoms with van der Waals surface area (Å²) in [4.78, 5) is 3.38. The zero-order chi connectivity index (χ0) is 13.2. The molecule has 0 aliphatic heterocycles. The van der Waals surface area contributed by atoms with E-state index in [1.54, 1.807) is 0 Å². The van der Waals surface area contributed by atoms with Gasteiger partial charge in [-0.1, -0.05) is 36.4 Å². The number of hydrogen-bond donors (Lipinski definition) is 1. The Bertz CT molecular complexity index is 603. The second-order valence-electron chi connectivity index (χ2n) is 3.71. The van der Waals surface area contributed by atoms with E-state index in [1.165, 1.54) is 21.8 Å². The molecular formula is C12H9BF4N-.